The standard InChI is InChI=1S/C6H6OS/c7-5-3-1-2-4-6(5)8/h1-3,7H,4H2. The van der Waals surface area contributed by atoms with Gasteiger partial charge in [0.1, 0.15) is 5.76 Å². The fourth-order valence-corrected chi connectivity index (χ4v) is 0.696. The second-order valence-electron chi connectivity index (χ2n) is 1.61. The van der Waals surface area contributed by atoms with Crippen LogP contribution >= 0.6 is 12.2 Å². The fourth-order valence-electron chi connectivity index (χ4n) is 0.532. The van der Waals surface area contributed by atoms with Crippen molar-refractivity contribution in [2.45, 2.75) is 6.42 Å². The van der Waals surface area contributed by atoms with Gasteiger partial charge in [0.15, 0.2) is 0 Å². The molecule has 0 aromatic heterocycles. The first-order valence-corrected chi connectivity index (χ1v) is 2.80. The van der Waals surface area contributed by atoms with Gasteiger partial charge in [0.25, 0.3) is 0 Å². The van der Waals surface area contributed by atoms with E-state index in [-0.39, 0.29) is 5.76 Å². The molecule has 0 saturated carbocycles. The minimum Gasteiger partial charge on any atom is -0.507 e. The average Bonchev–Trinajstić information content (AvgIpc) is 1.77. The van der Waals surface area contributed by atoms with Crippen LogP contribution in [0.1, 0.15) is 6.42 Å². The number of aliphatic hydroxyl groups is 1. The van der Waals surface area contributed by atoms with E-state index in [1.165, 1.54) is 0 Å². The van der Waals surface area contributed by atoms with Crippen molar-refractivity contribution in [2.24, 2.45) is 0 Å². The molecule has 0 aliphatic heterocycles. The lowest BCUT2D eigenvalue weighted by Crippen LogP contribution is -1.98. The highest BCUT2D eigenvalue weighted by Gasteiger charge is 2.01. The van der Waals surface area contributed by atoms with Gasteiger partial charge in [-0.3, -0.25) is 0 Å². The van der Waals surface area contributed by atoms with Crippen LogP contribution in [0.5, 0.6) is 0 Å². The third-order valence-electron chi connectivity index (χ3n) is 0.979. The normalized spacial score (nSPS) is 18.5. The Morgan fingerprint density at radius 3 is 2.75 bits per heavy atom. The third-order valence-corrected chi connectivity index (χ3v) is 1.35. The van der Waals surface area contributed by atoms with Crippen molar-refractivity contribution in [1.29, 1.82) is 0 Å². The molecule has 0 fully saturated rings. The first-order chi connectivity index (χ1) is 3.80. The van der Waals surface area contributed by atoms with Crippen LogP contribution in [0, 0.1) is 0 Å². The summed E-state index contributed by atoms with van der Waals surface area (Å²) < 4.78 is 0. The molecule has 1 rings (SSSR count). The molecule has 1 aliphatic carbocycles. The van der Waals surface area contributed by atoms with Gasteiger partial charge in [0.05, 0.1) is 4.86 Å². The highest BCUT2D eigenvalue weighted by molar-refractivity contribution is 7.80. The first kappa shape index (κ1) is 5.51. The second kappa shape index (κ2) is 2.09. The summed E-state index contributed by atoms with van der Waals surface area (Å²) in [5.74, 6) is 0.238. The molecule has 0 aromatic carbocycles. The number of hydrogen-bond acceptors (Lipinski definition) is 2. The zero-order valence-corrected chi connectivity index (χ0v) is 5.11. The predicted octanol–water partition coefficient (Wildman–Crippen LogP) is 1.76. The van der Waals surface area contributed by atoms with E-state index in [0.717, 1.165) is 0 Å². The number of rotatable bonds is 0. The van der Waals surface area contributed by atoms with Crippen LogP contribution in [0.3, 0.4) is 0 Å². The number of thiocarbonyl (C=S) groups is 1. The molecule has 2 heteroatoms. The molecule has 1 N–H and O–H groups in total. The van der Waals surface area contributed by atoms with Crippen molar-refractivity contribution in [3.8, 4) is 0 Å². The summed E-state index contributed by atoms with van der Waals surface area (Å²) in [6, 6.07) is 0. The molecule has 0 amide bonds. The summed E-state index contributed by atoms with van der Waals surface area (Å²) in [7, 11) is 0. The molecule has 0 atom stereocenters. The van der Waals surface area contributed by atoms with Crippen molar-refractivity contribution in [3.05, 3.63) is 24.0 Å². The maximum atomic E-state index is 8.85. The summed E-state index contributed by atoms with van der Waals surface area (Å²) in [6.45, 7) is 0. The molecule has 1 nitrogen and oxygen atoms in total. The Hall–Kier alpha value is -0.630. The number of allylic oxidation sites excluding steroid dienone is 4. The minimum atomic E-state index is 0.238. The fraction of sp³-hybridized carbons (Fsp3) is 0.167. The second-order valence-corrected chi connectivity index (χ2v) is 2.10. The Balaban J connectivity index is 2.80. The SMILES string of the molecule is OC1=CC=CCC1=S. The topological polar surface area (TPSA) is 20.2 Å². The maximum Gasteiger partial charge on any atom is 0.129 e. The van der Waals surface area contributed by atoms with Gasteiger partial charge < -0.3 is 5.11 Å². The van der Waals surface area contributed by atoms with E-state index in [0.29, 0.717) is 11.3 Å². The van der Waals surface area contributed by atoms with Crippen LogP contribution in [0.25, 0.3) is 0 Å². The van der Waals surface area contributed by atoms with Crippen LogP contribution in [0.4, 0.5) is 0 Å². The van der Waals surface area contributed by atoms with E-state index in [2.05, 4.69) is 0 Å². The van der Waals surface area contributed by atoms with Crippen LogP contribution in [-0.2, 0) is 0 Å². The Bertz CT molecular complexity index is 167. The van der Waals surface area contributed by atoms with Gasteiger partial charge in [0.2, 0.25) is 0 Å². The zero-order valence-electron chi connectivity index (χ0n) is 4.29. The van der Waals surface area contributed by atoms with E-state index < -0.39 is 0 Å². The zero-order chi connectivity index (χ0) is 5.98. The van der Waals surface area contributed by atoms with Crippen LogP contribution < -0.4 is 0 Å². The smallest absolute Gasteiger partial charge is 0.129 e. The van der Waals surface area contributed by atoms with Gasteiger partial charge in [-0.15, -0.1) is 0 Å². The molecular weight excluding hydrogens is 120 g/mol. The molecule has 0 bridgehead atoms. The molecule has 0 aromatic rings. The highest BCUT2D eigenvalue weighted by Crippen LogP contribution is 2.05. The maximum absolute atomic E-state index is 8.85. The summed E-state index contributed by atoms with van der Waals surface area (Å²) >= 11 is 4.76. The molecule has 1 aliphatic rings. The van der Waals surface area contributed by atoms with Gasteiger partial charge in [-0.25, -0.2) is 0 Å². The first-order valence-electron chi connectivity index (χ1n) is 2.39. The van der Waals surface area contributed by atoms with Gasteiger partial charge in [0, 0.05) is 6.42 Å². The lowest BCUT2D eigenvalue weighted by atomic mass is 10.2. The largest absolute Gasteiger partial charge is 0.507 e. The summed E-state index contributed by atoms with van der Waals surface area (Å²) in [4.78, 5) is 0.632. The number of hydrogen-bond donors (Lipinski definition) is 1. The van der Waals surface area contributed by atoms with Crippen molar-refractivity contribution in [1.82, 2.24) is 0 Å². The van der Waals surface area contributed by atoms with E-state index in [4.69, 9.17) is 17.3 Å². The molecule has 8 heavy (non-hydrogen) atoms. The molecule has 0 radical (unpaired) electrons. The summed E-state index contributed by atoms with van der Waals surface area (Å²) in [6.07, 6.45) is 6.02. The van der Waals surface area contributed by atoms with Crippen molar-refractivity contribution < 1.29 is 5.11 Å². The molecule has 0 spiro atoms. The van der Waals surface area contributed by atoms with Crippen LogP contribution in [0.15, 0.2) is 24.0 Å². The molecule has 42 valence electrons. The Morgan fingerprint density at radius 2 is 2.38 bits per heavy atom. The van der Waals surface area contributed by atoms with E-state index in [1.54, 1.807) is 12.2 Å². The average molecular weight is 126 g/mol. The minimum absolute atomic E-state index is 0.238. The van der Waals surface area contributed by atoms with Gasteiger partial charge in [-0.05, 0) is 6.08 Å². The molecule has 0 heterocycles. The quantitative estimate of drug-likeness (QED) is 0.499. The molecule has 0 saturated heterocycles. The lowest BCUT2D eigenvalue weighted by Gasteiger charge is -2.00. The molecular formula is C6H6OS. The van der Waals surface area contributed by atoms with Crippen molar-refractivity contribution in [3.63, 3.8) is 0 Å². The van der Waals surface area contributed by atoms with Crippen molar-refractivity contribution >= 4 is 17.1 Å². The monoisotopic (exact) mass is 126 g/mol. The lowest BCUT2D eigenvalue weighted by molar-refractivity contribution is 0.443. The van der Waals surface area contributed by atoms with E-state index in [1.807, 2.05) is 6.08 Å². The summed E-state index contributed by atoms with van der Waals surface area (Å²) in [5, 5.41) is 8.85. The Morgan fingerprint density at radius 1 is 1.62 bits per heavy atom. The van der Waals surface area contributed by atoms with E-state index >= 15 is 0 Å². The number of aliphatic hydroxyl groups excluding tert-OH is 1. The molecule has 0 unspecified atom stereocenters. The van der Waals surface area contributed by atoms with E-state index in [9.17, 15) is 0 Å². The van der Waals surface area contributed by atoms with Gasteiger partial charge in [-0.1, -0.05) is 24.4 Å². The third kappa shape index (κ3) is 0.954. The van der Waals surface area contributed by atoms with Gasteiger partial charge in [-0.2, -0.15) is 0 Å². The van der Waals surface area contributed by atoms with Crippen LogP contribution in [-0.4, -0.2) is 9.97 Å². The van der Waals surface area contributed by atoms with Gasteiger partial charge >= 0.3 is 0 Å². The van der Waals surface area contributed by atoms with Crippen LogP contribution in [0.2, 0.25) is 0 Å². The predicted molar refractivity (Wildman–Crippen MR) is 37.1 cm³/mol. The Kier molecular flexibility index (Phi) is 1.44. The summed E-state index contributed by atoms with van der Waals surface area (Å²) in [5.41, 5.74) is 0. The highest BCUT2D eigenvalue weighted by atomic mass is 32.1. The van der Waals surface area contributed by atoms with Crippen molar-refractivity contribution in [2.75, 3.05) is 0 Å². The Labute approximate surface area is 53.3 Å².